The normalized spacial score (nSPS) is 16.2. The Morgan fingerprint density at radius 3 is 2.57 bits per heavy atom. The monoisotopic (exact) mass is 398 g/mol. The molecule has 1 saturated heterocycles. The van der Waals surface area contributed by atoms with Gasteiger partial charge >= 0.3 is 11.9 Å². The summed E-state index contributed by atoms with van der Waals surface area (Å²) in [6, 6.07) is 12.7. The fraction of sp³-hybridized carbons (Fsp3) is 0.0526. The molecule has 1 heterocycles. The van der Waals surface area contributed by atoms with Gasteiger partial charge < -0.3 is 20.3 Å². The summed E-state index contributed by atoms with van der Waals surface area (Å²) < 4.78 is 5.06. The molecule has 1 fully saturated rings. The van der Waals surface area contributed by atoms with E-state index in [1.165, 1.54) is 12.1 Å². The maximum absolute atomic E-state index is 12.1. The molecule has 1 aliphatic rings. The number of amides is 1. The minimum atomic E-state index is -1.06. The maximum atomic E-state index is 12.1. The lowest BCUT2D eigenvalue weighted by Gasteiger charge is -2.03. The zero-order chi connectivity index (χ0) is 20.1. The van der Waals surface area contributed by atoms with E-state index >= 15 is 0 Å². The van der Waals surface area contributed by atoms with Crippen molar-refractivity contribution < 1.29 is 29.3 Å². The van der Waals surface area contributed by atoms with E-state index < -0.39 is 18.5 Å². The van der Waals surface area contributed by atoms with Gasteiger partial charge in [-0.2, -0.15) is 0 Å². The molecular formula is C19H14N2O6S. The minimum Gasteiger partial charge on any atom is -0.482 e. The summed E-state index contributed by atoms with van der Waals surface area (Å²) in [6.07, 6.45) is 1.66. The zero-order valence-corrected chi connectivity index (χ0v) is 15.1. The van der Waals surface area contributed by atoms with Crippen molar-refractivity contribution in [2.75, 3.05) is 6.61 Å². The van der Waals surface area contributed by atoms with Crippen LogP contribution >= 0.6 is 11.8 Å². The molecule has 3 N–H and O–H groups in total. The number of aliphatic imine (C=N–C) groups is 1. The van der Waals surface area contributed by atoms with Crippen LogP contribution in [0.5, 0.6) is 5.75 Å². The predicted molar refractivity (Wildman–Crippen MR) is 104 cm³/mol. The Labute approximate surface area is 163 Å². The Balaban J connectivity index is 1.72. The second-order valence-corrected chi connectivity index (χ2v) is 6.62. The van der Waals surface area contributed by atoms with Crippen LogP contribution in [0.3, 0.4) is 0 Å². The summed E-state index contributed by atoms with van der Waals surface area (Å²) in [7, 11) is 0. The molecule has 142 valence electrons. The molecule has 1 aliphatic heterocycles. The number of aliphatic carboxylic acids is 1. The highest BCUT2D eigenvalue weighted by Gasteiger charge is 2.23. The smallest absolute Gasteiger partial charge is 0.341 e. The molecule has 0 saturated carbocycles. The van der Waals surface area contributed by atoms with Crippen molar-refractivity contribution in [1.29, 1.82) is 0 Å². The van der Waals surface area contributed by atoms with Crippen LogP contribution in [-0.2, 0) is 9.59 Å². The summed E-state index contributed by atoms with van der Waals surface area (Å²) in [5.74, 6) is -2.02. The second kappa shape index (κ2) is 8.40. The average Bonchev–Trinajstić information content (AvgIpc) is 3.00. The van der Waals surface area contributed by atoms with E-state index in [1.807, 2.05) is 0 Å². The fourth-order valence-corrected chi connectivity index (χ4v) is 3.10. The molecule has 0 radical (unpaired) electrons. The zero-order valence-electron chi connectivity index (χ0n) is 14.3. The van der Waals surface area contributed by atoms with Crippen molar-refractivity contribution in [3.05, 3.63) is 64.6 Å². The van der Waals surface area contributed by atoms with Gasteiger partial charge in [-0.05, 0) is 53.7 Å². The SMILES string of the molecule is O=C(O)COc1ccc(/C=C2/SC(=Nc3cccc(C(=O)O)c3)NC2=O)cc1. The lowest BCUT2D eigenvalue weighted by molar-refractivity contribution is -0.139. The van der Waals surface area contributed by atoms with Crippen molar-refractivity contribution in [3.8, 4) is 5.75 Å². The quantitative estimate of drug-likeness (QED) is 0.639. The highest BCUT2D eigenvalue weighted by molar-refractivity contribution is 8.18. The molecule has 3 rings (SSSR count). The van der Waals surface area contributed by atoms with Crippen molar-refractivity contribution in [2.24, 2.45) is 4.99 Å². The van der Waals surface area contributed by atoms with Gasteiger partial charge in [0.2, 0.25) is 0 Å². The number of carboxylic acids is 2. The molecule has 0 bridgehead atoms. The van der Waals surface area contributed by atoms with Crippen LogP contribution in [0.4, 0.5) is 5.69 Å². The van der Waals surface area contributed by atoms with Crippen molar-refractivity contribution in [3.63, 3.8) is 0 Å². The third-order valence-corrected chi connectivity index (χ3v) is 4.42. The number of benzene rings is 2. The van der Waals surface area contributed by atoms with Crippen LogP contribution in [0.25, 0.3) is 6.08 Å². The number of amidine groups is 1. The molecule has 0 aliphatic carbocycles. The van der Waals surface area contributed by atoms with Crippen molar-refractivity contribution in [1.82, 2.24) is 5.32 Å². The summed E-state index contributed by atoms with van der Waals surface area (Å²) in [5, 5.41) is 20.6. The van der Waals surface area contributed by atoms with E-state index in [2.05, 4.69) is 10.3 Å². The van der Waals surface area contributed by atoms with Crippen LogP contribution < -0.4 is 10.1 Å². The molecule has 0 spiro atoms. The number of ether oxygens (including phenoxy) is 1. The number of nitrogens with zero attached hydrogens (tertiary/aromatic N) is 1. The van der Waals surface area contributed by atoms with Gasteiger partial charge in [0.05, 0.1) is 16.2 Å². The van der Waals surface area contributed by atoms with E-state index in [9.17, 15) is 14.4 Å². The topological polar surface area (TPSA) is 125 Å². The molecule has 0 aromatic heterocycles. The fourth-order valence-electron chi connectivity index (χ4n) is 2.26. The molecule has 8 nitrogen and oxygen atoms in total. The lowest BCUT2D eigenvalue weighted by Crippen LogP contribution is -2.19. The Bertz CT molecular complexity index is 998. The number of rotatable bonds is 6. The van der Waals surface area contributed by atoms with Crippen LogP contribution in [0.15, 0.2) is 58.4 Å². The maximum Gasteiger partial charge on any atom is 0.341 e. The van der Waals surface area contributed by atoms with Gasteiger partial charge in [0.15, 0.2) is 11.8 Å². The number of carbonyl (C=O) groups excluding carboxylic acids is 1. The van der Waals surface area contributed by atoms with E-state index in [4.69, 9.17) is 14.9 Å². The van der Waals surface area contributed by atoms with E-state index in [1.54, 1.807) is 42.5 Å². The van der Waals surface area contributed by atoms with E-state index in [0.29, 0.717) is 21.5 Å². The highest BCUT2D eigenvalue weighted by atomic mass is 32.2. The van der Waals surface area contributed by atoms with Gasteiger partial charge in [-0.1, -0.05) is 18.2 Å². The van der Waals surface area contributed by atoms with Crippen LogP contribution in [0, 0.1) is 0 Å². The Morgan fingerprint density at radius 1 is 1.14 bits per heavy atom. The third-order valence-electron chi connectivity index (χ3n) is 3.51. The van der Waals surface area contributed by atoms with Gasteiger partial charge in [0.25, 0.3) is 5.91 Å². The highest BCUT2D eigenvalue weighted by Crippen LogP contribution is 2.28. The molecule has 0 unspecified atom stereocenters. The van der Waals surface area contributed by atoms with Crippen LogP contribution in [-0.4, -0.2) is 39.8 Å². The van der Waals surface area contributed by atoms with Crippen molar-refractivity contribution in [2.45, 2.75) is 0 Å². The molecule has 28 heavy (non-hydrogen) atoms. The van der Waals surface area contributed by atoms with Crippen molar-refractivity contribution >= 4 is 46.5 Å². The number of nitrogens with one attached hydrogen (secondary N) is 1. The lowest BCUT2D eigenvalue weighted by atomic mass is 10.2. The third kappa shape index (κ3) is 4.98. The van der Waals surface area contributed by atoms with Crippen LogP contribution in [0.2, 0.25) is 0 Å². The first-order valence-electron chi connectivity index (χ1n) is 7.98. The summed E-state index contributed by atoms with van der Waals surface area (Å²) in [4.78, 5) is 38.3. The van der Waals surface area contributed by atoms with Gasteiger partial charge in [0, 0.05) is 0 Å². The standard InChI is InChI=1S/C19H14N2O6S/c22-16(23)10-27-14-6-4-11(5-7-14)8-15-17(24)21-19(28-15)20-13-3-1-2-12(9-13)18(25)26/h1-9H,10H2,(H,22,23)(H,25,26)(H,20,21,24)/b15-8+. The Morgan fingerprint density at radius 2 is 1.89 bits per heavy atom. The largest absolute Gasteiger partial charge is 0.482 e. The summed E-state index contributed by atoms with van der Waals surface area (Å²) in [5.41, 5.74) is 1.26. The average molecular weight is 398 g/mol. The molecular weight excluding hydrogens is 384 g/mol. The van der Waals surface area contributed by atoms with Gasteiger partial charge in [-0.25, -0.2) is 14.6 Å². The number of carbonyl (C=O) groups is 3. The number of thioether (sulfide) groups is 1. The van der Waals surface area contributed by atoms with Crippen LogP contribution in [0.1, 0.15) is 15.9 Å². The summed E-state index contributed by atoms with van der Waals surface area (Å²) in [6.45, 7) is -0.429. The van der Waals surface area contributed by atoms with Gasteiger partial charge in [0.1, 0.15) is 5.75 Å². The van der Waals surface area contributed by atoms with E-state index in [-0.39, 0.29) is 11.5 Å². The van der Waals surface area contributed by atoms with Gasteiger partial charge in [-0.3, -0.25) is 4.79 Å². The second-order valence-electron chi connectivity index (χ2n) is 5.59. The Kier molecular flexibility index (Phi) is 5.75. The molecule has 1 amide bonds. The molecule has 9 heteroatoms. The Hall–Kier alpha value is -3.59. The van der Waals surface area contributed by atoms with Gasteiger partial charge in [-0.15, -0.1) is 0 Å². The number of aromatic carboxylic acids is 1. The number of hydrogen-bond acceptors (Lipinski definition) is 6. The predicted octanol–water partition coefficient (Wildman–Crippen LogP) is 2.74. The minimum absolute atomic E-state index is 0.108. The molecule has 2 aromatic carbocycles. The first-order chi connectivity index (χ1) is 13.4. The first-order valence-corrected chi connectivity index (χ1v) is 8.80. The molecule has 2 aromatic rings. The molecule has 0 atom stereocenters. The van der Waals surface area contributed by atoms with E-state index in [0.717, 1.165) is 17.3 Å². The number of carboxylic acid groups (broad SMARTS) is 2. The summed E-state index contributed by atoms with van der Waals surface area (Å²) >= 11 is 1.14. The number of hydrogen-bond donors (Lipinski definition) is 3. The first kappa shape index (κ1) is 19.2.